The summed E-state index contributed by atoms with van der Waals surface area (Å²) in [4.78, 5) is 0. The lowest BCUT2D eigenvalue weighted by molar-refractivity contribution is 0.324. The molecule has 0 aromatic heterocycles. The zero-order valence-electron chi connectivity index (χ0n) is 11.2. The fourth-order valence-electron chi connectivity index (χ4n) is 1.79. The lowest BCUT2D eigenvalue weighted by atomic mass is 10.2. The summed E-state index contributed by atoms with van der Waals surface area (Å²) in [5.74, 6) is 1.82. The van der Waals surface area contributed by atoms with Crippen LogP contribution < -0.4 is 19.5 Å². The highest BCUT2D eigenvalue weighted by molar-refractivity contribution is 5.67. The number of hydrogen-bond donors (Lipinski definition) is 1. The van der Waals surface area contributed by atoms with Gasteiger partial charge in [-0.05, 0) is 18.2 Å². The summed E-state index contributed by atoms with van der Waals surface area (Å²) in [5, 5.41) is 3.27. The van der Waals surface area contributed by atoms with Crippen molar-refractivity contribution in [1.82, 2.24) is 0 Å². The normalized spacial score (nSPS) is 9.84. The molecule has 4 nitrogen and oxygen atoms in total. The first-order chi connectivity index (χ1) is 9.28. The van der Waals surface area contributed by atoms with E-state index in [0.29, 0.717) is 17.2 Å². The van der Waals surface area contributed by atoms with Gasteiger partial charge in [0, 0.05) is 23.5 Å². The SMILES string of the molecule is COc1cc(Nc2cc[c]cc2)cc(OC)c1OC. The van der Waals surface area contributed by atoms with Gasteiger partial charge in [-0.15, -0.1) is 0 Å². The third-order valence-electron chi connectivity index (χ3n) is 2.67. The fourth-order valence-corrected chi connectivity index (χ4v) is 1.79. The molecule has 19 heavy (non-hydrogen) atoms. The summed E-state index contributed by atoms with van der Waals surface area (Å²) in [6.07, 6.45) is 0. The van der Waals surface area contributed by atoms with Crippen molar-refractivity contribution in [3.8, 4) is 17.2 Å². The molecule has 0 amide bonds. The van der Waals surface area contributed by atoms with Crippen molar-refractivity contribution >= 4 is 11.4 Å². The molecule has 0 aliphatic carbocycles. The van der Waals surface area contributed by atoms with Crippen LogP contribution in [0.15, 0.2) is 36.4 Å². The quantitative estimate of drug-likeness (QED) is 0.893. The van der Waals surface area contributed by atoms with E-state index in [2.05, 4.69) is 11.4 Å². The van der Waals surface area contributed by atoms with E-state index in [1.165, 1.54) is 0 Å². The Labute approximate surface area is 112 Å². The Morgan fingerprint density at radius 1 is 0.842 bits per heavy atom. The lowest BCUT2D eigenvalue weighted by Gasteiger charge is -2.15. The number of benzene rings is 2. The molecule has 0 heterocycles. The summed E-state index contributed by atoms with van der Waals surface area (Å²) in [5.41, 5.74) is 1.83. The van der Waals surface area contributed by atoms with Crippen LogP contribution in [0.5, 0.6) is 17.2 Å². The molecule has 0 spiro atoms. The second-order valence-electron chi connectivity index (χ2n) is 3.83. The van der Waals surface area contributed by atoms with Crippen LogP contribution in [0, 0.1) is 6.07 Å². The van der Waals surface area contributed by atoms with Crippen molar-refractivity contribution in [3.05, 3.63) is 42.5 Å². The van der Waals surface area contributed by atoms with Crippen LogP contribution in [0.1, 0.15) is 0 Å². The van der Waals surface area contributed by atoms with E-state index in [9.17, 15) is 0 Å². The molecular formula is C15H16NO3. The second-order valence-corrected chi connectivity index (χ2v) is 3.83. The molecule has 1 radical (unpaired) electrons. The Kier molecular flexibility index (Phi) is 4.13. The van der Waals surface area contributed by atoms with Gasteiger partial charge in [-0.2, -0.15) is 0 Å². The molecule has 0 saturated carbocycles. The van der Waals surface area contributed by atoms with Gasteiger partial charge in [0.2, 0.25) is 5.75 Å². The molecule has 2 aromatic carbocycles. The highest BCUT2D eigenvalue weighted by Gasteiger charge is 2.13. The van der Waals surface area contributed by atoms with Crippen molar-refractivity contribution in [1.29, 1.82) is 0 Å². The first-order valence-electron chi connectivity index (χ1n) is 5.81. The number of ether oxygens (including phenoxy) is 3. The van der Waals surface area contributed by atoms with Crippen molar-refractivity contribution in [2.45, 2.75) is 0 Å². The average molecular weight is 258 g/mol. The van der Waals surface area contributed by atoms with Gasteiger partial charge in [0.05, 0.1) is 21.3 Å². The van der Waals surface area contributed by atoms with E-state index in [0.717, 1.165) is 11.4 Å². The molecule has 1 N–H and O–H groups in total. The third-order valence-corrected chi connectivity index (χ3v) is 2.67. The van der Waals surface area contributed by atoms with E-state index in [4.69, 9.17) is 14.2 Å². The molecular weight excluding hydrogens is 242 g/mol. The fraction of sp³-hybridized carbons (Fsp3) is 0.200. The molecule has 0 atom stereocenters. The number of methoxy groups -OCH3 is 3. The monoisotopic (exact) mass is 258 g/mol. The highest BCUT2D eigenvalue weighted by atomic mass is 16.5. The molecule has 0 aliphatic heterocycles. The van der Waals surface area contributed by atoms with Crippen molar-refractivity contribution in [2.75, 3.05) is 26.6 Å². The minimum Gasteiger partial charge on any atom is -0.493 e. The summed E-state index contributed by atoms with van der Waals surface area (Å²) in [7, 11) is 4.78. The largest absolute Gasteiger partial charge is 0.493 e. The van der Waals surface area contributed by atoms with Gasteiger partial charge in [0.15, 0.2) is 11.5 Å². The second kappa shape index (κ2) is 6.00. The maximum absolute atomic E-state index is 5.31. The van der Waals surface area contributed by atoms with E-state index >= 15 is 0 Å². The molecule has 0 unspecified atom stereocenters. The van der Waals surface area contributed by atoms with Crippen molar-refractivity contribution in [3.63, 3.8) is 0 Å². The Bertz CT molecular complexity index is 515. The minimum atomic E-state index is 0.581. The molecule has 0 bridgehead atoms. The highest BCUT2D eigenvalue weighted by Crippen LogP contribution is 2.40. The summed E-state index contributed by atoms with van der Waals surface area (Å²) in [6, 6.07) is 14.3. The molecule has 2 aromatic rings. The predicted molar refractivity (Wildman–Crippen MR) is 74.7 cm³/mol. The zero-order chi connectivity index (χ0) is 13.7. The molecule has 2 rings (SSSR count). The summed E-state index contributed by atoms with van der Waals surface area (Å²) >= 11 is 0. The molecule has 0 aliphatic rings. The van der Waals surface area contributed by atoms with Crippen LogP contribution in [0.4, 0.5) is 11.4 Å². The molecule has 0 saturated heterocycles. The Morgan fingerprint density at radius 3 is 1.89 bits per heavy atom. The number of rotatable bonds is 5. The van der Waals surface area contributed by atoms with Crippen LogP contribution >= 0.6 is 0 Å². The van der Waals surface area contributed by atoms with E-state index < -0.39 is 0 Å². The van der Waals surface area contributed by atoms with Crippen LogP contribution in [0.3, 0.4) is 0 Å². The van der Waals surface area contributed by atoms with Gasteiger partial charge < -0.3 is 19.5 Å². The molecule has 99 valence electrons. The van der Waals surface area contributed by atoms with E-state index in [-0.39, 0.29) is 0 Å². The first-order valence-corrected chi connectivity index (χ1v) is 5.81. The predicted octanol–water partition coefficient (Wildman–Crippen LogP) is 3.26. The minimum absolute atomic E-state index is 0.581. The number of anilines is 2. The maximum atomic E-state index is 5.31. The Balaban J connectivity index is 2.36. The zero-order valence-corrected chi connectivity index (χ0v) is 11.2. The summed E-state index contributed by atoms with van der Waals surface area (Å²) in [6.45, 7) is 0. The number of nitrogens with one attached hydrogen (secondary N) is 1. The van der Waals surface area contributed by atoms with Crippen LogP contribution in [0.2, 0.25) is 0 Å². The smallest absolute Gasteiger partial charge is 0.203 e. The topological polar surface area (TPSA) is 39.7 Å². The maximum Gasteiger partial charge on any atom is 0.203 e. The van der Waals surface area contributed by atoms with Gasteiger partial charge in [-0.25, -0.2) is 0 Å². The van der Waals surface area contributed by atoms with Crippen LogP contribution in [0.25, 0.3) is 0 Å². The molecule has 4 heteroatoms. The van der Waals surface area contributed by atoms with E-state index in [1.54, 1.807) is 21.3 Å². The van der Waals surface area contributed by atoms with Gasteiger partial charge in [-0.1, -0.05) is 12.1 Å². The average Bonchev–Trinajstić information content (AvgIpc) is 2.47. The van der Waals surface area contributed by atoms with Gasteiger partial charge in [-0.3, -0.25) is 0 Å². The van der Waals surface area contributed by atoms with Crippen LogP contribution in [-0.4, -0.2) is 21.3 Å². The van der Waals surface area contributed by atoms with E-state index in [1.807, 2.05) is 36.4 Å². The van der Waals surface area contributed by atoms with Crippen molar-refractivity contribution in [2.24, 2.45) is 0 Å². The van der Waals surface area contributed by atoms with Crippen LogP contribution in [-0.2, 0) is 0 Å². The van der Waals surface area contributed by atoms with Gasteiger partial charge in [0.25, 0.3) is 0 Å². The van der Waals surface area contributed by atoms with Crippen molar-refractivity contribution < 1.29 is 14.2 Å². The molecule has 0 fully saturated rings. The number of hydrogen-bond acceptors (Lipinski definition) is 4. The lowest BCUT2D eigenvalue weighted by Crippen LogP contribution is -1.97. The van der Waals surface area contributed by atoms with Gasteiger partial charge in [0.1, 0.15) is 0 Å². The summed E-state index contributed by atoms with van der Waals surface area (Å²) < 4.78 is 15.9. The van der Waals surface area contributed by atoms with Gasteiger partial charge >= 0.3 is 0 Å². The Morgan fingerprint density at radius 2 is 1.42 bits per heavy atom. The Hall–Kier alpha value is -2.36. The first kappa shape index (κ1) is 13.1. The third kappa shape index (κ3) is 2.91. The standard InChI is InChI=1S/C15H16NO3/c1-17-13-9-12(10-14(18-2)15(13)19-3)16-11-7-5-4-6-8-11/h5-10,16H,1-3H3.